The van der Waals surface area contributed by atoms with E-state index in [4.69, 9.17) is 0 Å². The predicted molar refractivity (Wildman–Crippen MR) is 50.7 cm³/mol. The molecule has 0 aliphatic rings. The SMILES string of the molecule is CCCN(C)C(CC)N(C)C. The van der Waals surface area contributed by atoms with Gasteiger partial charge in [-0.15, -0.1) is 0 Å². The van der Waals surface area contributed by atoms with E-state index in [0.29, 0.717) is 6.17 Å². The van der Waals surface area contributed by atoms with Crippen molar-refractivity contribution in [1.29, 1.82) is 0 Å². The maximum Gasteiger partial charge on any atom is 0.0612 e. The lowest BCUT2D eigenvalue weighted by Gasteiger charge is -2.32. The molecule has 0 N–H and O–H groups in total. The van der Waals surface area contributed by atoms with Crippen LogP contribution in [0.5, 0.6) is 0 Å². The highest BCUT2D eigenvalue weighted by atomic mass is 15.3. The van der Waals surface area contributed by atoms with Gasteiger partial charge in [0.15, 0.2) is 0 Å². The van der Waals surface area contributed by atoms with Crippen LogP contribution in [0.1, 0.15) is 26.7 Å². The minimum Gasteiger partial charge on any atom is -0.294 e. The molecule has 0 rings (SSSR count). The molecule has 0 aromatic rings. The molecule has 0 fully saturated rings. The molecule has 0 aromatic carbocycles. The standard InChI is InChI=1S/C9H22N2/c1-6-8-11(5)9(7-2)10(3)4/h9H,6-8H2,1-5H3. The van der Waals surface area contributed by atoms with Gasteiger partial charge in [0.25, 0.3) is 0 Å². The number of hydrogen-bond donors (Lipinski definition) is 0. The van der Waals surface area contributed by atoms with Crippen LogP contribution in [-0.4, -0.2) is 43.7 Å². The van der Waals surface area contributed by atoms with Crippen LogP contribution >= 0.6 is 0 Å². The molecule has 0 aromatic heterocycles. The Morgan fingerprint density at radius 1 is 1.09 bits per heavy atom. The van der Waals surface area contributed by atoms with E-state index in [1.54, 1.807) is 0 Å². The second-order valence-corrected chi connectivity index (χ2v) is 3.33. The Kier molecular flexibility index (Phi) is 5.51. The van der Waals surface area contributed by atoms with Crippen molar-refractivity contribution < 1.29 is 0 Å². The first-order valence-electron chi connectivity index (χ1n) is 4.50. The summed E-state index contributed by atoms with van der Waals surface area (Å²) in [6.45, 7) is 5.65. The average molecular weight is 158 g/mol. The second-order valence-electron chi connectivity index (χ2n) is 3.33. The fourth-order valence-electron chi connectivity index (χ4n) is 1.57. The van der Waals surface area contributed by atoms with Crippen molar-refractivity contribution in [3.05, 3.63) is 0 Å². The highest BCUT2D eigenvalue weighted by Gasteiger charge is 2.12. The normalized spacial score (nSPS) is 14.5. The first kappa shape index (κ1) is 10.9. The summed E-state index contributed by atoms with van der Waals surface area (Å²) < 4.78 is 0. The van der Waals surface area contributed by atoms with Crippen molar-refractivity contribution >= 4 is 0 Å². The molecule has 0 saturated heterocycles. The van der Waals surface area contributed by atoms with E-state index >= 15 is 0 Å². The Bertz CT molecular complexity index is 91.6. The van der Waals surface area contributed by atoms with Gasteiger partial charge in [0.05, 0.1) is 6.17 Å². The Labute approximate surface area is 71.2 Å². The molecule has 0 aliphatic carbocycles. The molecule has 0 spiro atoms. The van der Waals surface area contributed by atoms with Crippen LogP contribution in [0.3, 0.4) is 0 Å². The summed E-state index contributed by atoms with van der Waals surface area (Å²) >= 11 is 0. The van der Waals surface area contributed by atoms with Crippen molar-refractivity contribution in [2.24, 2.45) is 0 Å². The maximum atomic E-state index is 2.40. The van der Waals surface area contributed by atoms with E-state index in [-0.39, 0.29) is 0 Å². The molecule has 1 atom stereocenters. The van der Waals surface area contributed by atoms with Crippen LogP contribution in [0.25, 0.3) is 0 Å². The first-order valence-corrected chi connectivity index (χ1v) is 4.50. The highest BCUT2D eigenvalue weighted by molar-refractivity contribution is 4.62. The van der Waals surface area contributed by atoms with Crippen LogP contribution in [0.2, 0.25) is 0 Å². The van der Waals surface area contributed by atoms with Gasteiger partial charge in [-0.1, -0.05) is 13.8 Å². The lowest BCUT2D eigenvalue weighted by atomic mass is 10.3. The van der Waals surface area contributed by atoms with Crippen LogP contribution in [0.15, 0.2) is 0 Å². The molecule has 1 unspecified atom stereocenters. The molecule has 0 heterocycles. The van der Waals surface area contributed by atoms with Crippen molar-refractivity contribution in [1.82, 2.24) is 9.80 Å². The van der Waals surface area contributed by atoms with E-state index in [1.807, 2.05) is 0 Å². The fourth-order valence-corrected chi connectivity index (χ4v) is 1.57. The molecule has 0 saturated carbocycles. The minimum absolute atomic E-state index is 0.606. The number of hydrogen-bond acceptors (Lipinski definition) is 2. The van der Waals surface area contributed by atoms with Crippen molar-refractivity contribution in [2.45, 2.75) is 32.9 Å². The Morgan fingerprint density at radius 3 is 1.91 bits per heavy atom. The molecule has 0 radical (unpaired) electrons. The quantitative estimate of drug-likeness (QED) is 0.561. The third-order valence-corrected chi connectivity index (χ3v) is 2.05. The van der Waals surface area contributed by atoms with Gasteiger partial charge in [-0.3, -0.25) is 9.80 Å². The summed E-state index contributed by atoms with van der Waals surface area (Å²) in [7, 11) is 6.47. The number of nitrogens with zero attached hydrogens (tertiary/aromatic N) is 2. The van der Waals surface area contributed by atoms with E-state index in [2.05, 4.69) is 44.8 Å². The summed E-state index contributed by atoms with van der Waals surface area (Å²) in [5.74, 6) is 0. The summed E-state index contributed by atoms with van der Waals surface area (Å²) in [4.78, 5) is 4.68. The molecular weight excluding hydrogens is 136 g/mol. The van der Waals surface area contributed by atoms with Crippen LogP contribution in [0.4, 0.5) is 0 Å². The van der Waals surface area contributed by atoms with Gasteiger partial charge < -0.3 is 0 Å². The monoisotopic (exact) mass is 158 g/mol. The summed E-state index contributed by atoms with van der Waals surface area (Å²) in [5.41, 5.74) is 0. The zero-order valence-corrected chi connectivity index (χ0v) is 8.59. The molecule has 0 amide bonds. The molecule has 2 heteroatoms. The van der Waals surface area contributed by atoms with Crippen molar-refractivity contribution in [2.75, 3.05) is 27.7 Å². The van der Waals surface area contributed by atoms with Gasteiger partial charge in [0.2, 0.25) is 0 Å². The topological polar surface area (TPSA) is 6.48 Å². The molecule has 11 heavy (non-hydrogen) atoms. The molecule has 0 aliphatic heterocycles. The van der Waals surface area contributed by atoms with Gasteiger partial charge in [0, 0.05) is 0 Å². The van der Waals surface area contributed by atoms with Crippen LogP contribution in [0, 0.1) is 0 Å². The zero-order chi connectivity index (χ0) is 8.85. The van der Waals surface area contributed by atoms with Crippen molar-refractivity contribution in [3.8, 4) is 0 Å². The zero-order valence-electron chi connectivity index (χ0n) is 8.59. The van der Waals surface area contributed by atoms with Gasteiger partial charge in [0.1, 0.15) is 0 Å². The van der Waals surface area contributed by atoms with E-state index < -0.39 is 0 Å². The maximum absolute atomic E-state index is 2.40. The van der Waals surface area contributed by atoms with Crippen LogP contribution < -0.4 is 0 Å². The smallest absolute Gasteiger partial charge is 0.0612 e. The van der Waals surface area contributed by atoms with Gasteiger partial charge >= 0.3 is 0 Å². The highest BCUT2D eigenvalue weighted by Crippen LogP contribution is 2.04. The van der Waals surface area contributed by atoms with E-state index in [0.717, 1.165) is 0 Å². The first-order chi connectivity index (χ1) is 5.13. The summed E-state index contributed by atoms with van der Waals surface area (Å²) in [6, 6.07) is 0. The van der Waals surface area contributed by atoms with Crippen LogP contribution in [-0.2, 0) is 0 Å². The molecular formula is C9H22N2. The minimum atomic E-state index is 0.606. The molecule has 68 valence electrons. The van der Waals surface area contributed by atoms with Gasteiger partial charge in [-0.2, -0.15) is 0 Å². The Morgan fingerprint density at radius 2 is 1.64 bits per heavy atom. The lowest BCUT2D eigenvalue weighted by Crippen LogP contribution is -2.42. The Hall–Kier alpha value is -0.0800. The summed E-state index contributed by atoms with van der Waals surface area (Å²) in [6.07, 6.45) is 3.04. The second kappa shape index (κ2) is 5.56. The lowest BCUT2D eigenvalue weighted by molar-refractivity contribution is 0.101. The van der Waals surface area contributed by atoms with Gasteiger partial charge in [-0.25, -0.2) is 0 Å². The third-order valence-electron chi connectivity index (χ3n) is 2.05. The largest absolute Gasteiger partial charge is 0.294 e. The fraction of sp³-hybridized carbons (Fsp3) is 1.00. The third kappa shape index (κ3) is 3.73. The molecule has 2 nitrogen and oxygen atoms in total. The van der Waals surface area contributed by atoms with E-state index in [9.17, 15) is 0 Å². The predicted octanol–water partition coefficient (Wildman–Crippen LogP) is 1.63. The van der Waals surface area contributed by atoms with E-state index in [1.165, 1.54) is 19.4 Å². The van der Waals surface area contributed by atoms with Crippen molar-refractivity contribution in [3.63, 3.8) is 0 Å². The number of rotatable bonds is 5. The summed E-state index contributed by atoms with van der Waals surface area (Å²) in [5, 5.41) is 0. The van der Waals surface area contributed by atoms with Gasteiger partial charge in [-0.05, 0) is 40.5 Å². The molecule has 0 bridgehead atoms. The Balaban J connectivity index is 3.81. The average Bonchev–Trinajstić information content (AvgIpc) is 1.88.